The lowest BCUT2D eigenvalue weighted by atomic mass is 9.85. The maximum atomic E-state index is 13.1. The second-order valence-electron chi connectivity index (χ2n) is 8.40. The fourth-order valence-corrected chi connectivity index (χ4v) is 4.88. The Bertz CT molecular complexity index is 818. The molecule has 2 saturated heterocycles. The van der Waals surface area contributed by atoms with E-state index in [2.05, 4.69) is 17.0 Å². The first-order chi connectivity index (χ1) is 14.0. The molecule has 3 atom stereocenters. The molecule has 0 unspecified atom stereocenters. The number of likely N-dealkylation sites (N-methyl/N-ethyl adjacent to an activating group) is 1. The largest absolute Gasteiger partial charge is 0.371 e. The quantitative estimate of drug-likeness (QED) is 0.568. The fraction of sp³-hybridized carbons (Fsp3) is 0.522. The minimum atomic E-state index is -0.774. The number of likely N-dealkylation sites (tertiary alicyclic amines) is 1. The average Bonchev–Trinajstić information content (AvgIpc) is 3.35. The highest BCUT2D eigenvalue weighted by Gasteiger charge is 2.50. The number of anilines is 1. The van der Waals surface area contributed by atoms with Crippen molar-refractivity contribution in [1.29, 1.82) is 0 Å². The highest BCUT2D eigenvalue weighted by molar-refractivity contribution is 6.08. The molecule has 3 amide bonds. The van der Waals surface area contributed by atoms with Crippen molar-refractivity contribution >= 4 is 23.4 Å². The summed E-state index contributed by atoms with van der Waals surface area (Å²) in [5, 5.41) is 0. The van der Waals surface area contributed by atoms with Crippen LogP contribution < -0.4 is 4.90 Å². The summed E-state index contributed by atoms with van der Waals surface area (Å²) in [6, 6.07) is 7.40. The summed E-state index contributed by atoms with van der Waals surface area (Å²) in [6.07, 6.45) is 7.48. The molecule has 1 aromatic rings. The first-order valence-corrected chi connectivity index (χ1v) is 10.6. The lowest BCUT2D eigenvalue weighted by molar-refractivity contribution is -0.150. The van der Waals surface area contributed by atoms with E-state index in [0.717, 1.165) is 18.7 Å². The maximum Gasteiger partial charge on any atom is 0.245 e. The van der Waals surface area contributed by atoms with Crippen molar-refractivity contribution in [2.45, 2.75) is 45.2 Å². The van der Waals surface area contributed by atoms with E-state index >= 15 is 0 Å². The zero-order valence-corrected chi connectivity index (χ0v) is 17.2. The van der Waals surface area contributed by atoms with Gasteiger partial charge in [-0.05, 0) is 44.2 Å². The zero-order chi connectivity index (χ0) is 20.5. The van der Waals surface area contributed by atoms with Gasteiger partial charge in [-0.15, -0.1) is 0 Å². The third-order valence-electron chi connectivity index (χ3n) is 6.51. The van der Waals surface area contributed by atoms with Gasteiger partial charge in [-0.2, -0.15) is 0 Å². The number of nitrogens with zero attached hydrogens (tertiary/aromatic N) is 3. The Morgan fingerprint density at radius 2 is 1.66 bits per heavy atom. The van der Waals surface area contributed by atoms with Crippen LogP contribution in [0.1, 0.15) is 38.2 Å². The third kappa shape index (κ3) is 3.56. The van der Waals surface area contributed by atoms with Gasteiger partial charge < -0.3 is 9.80 Å². The number of allylic oxidation sites excluding steroid dienone is 2. The van der Waals surface area contributed by atoms with Gasteiger partial charge in [0.1, 0.15) is 6.04 Å². The molecule has 6 heteroatoms. The standard InChI is InChI=1S/C23H29N3O3/c1-16(26-22(28)18-10-4-5-11-19(18)23(26)29)21(27)24(2)15-17-9-3-6-12-20(17)25-13-7-8-14-25/h3-6,9,12,16,18-19H,7-8,10-11,13-15H2,1-2H3/t16-,18-,19+/m1/s1. The van der Waals surface area contributed by atoms with E-state index < -0.39 is 6.04 Å². The van der Waals surface area contributed by atoms with E-state index in [-0.39, 0.29) is 29.6 Å². The number of hydrogen-bond donors (Lipinski definition) is 0. The molecular weight excluding hydrogens is 366 g/mol. The van der Waals surface area contributed by atoms with Crippen LogP contribution in [0.3, 0.4) is 0 Å². The van der Waals surface area contributed by atoms with Gasteiger partial charge in [-0.25, -0.2) is 0 Å². The van der Waals surface area contributed by atoms with Gasteiger partial charge >= 0.3 is 0 Å². The van der Waals surface area contributed by atoms with Gasteiger partial charge in [-0.1, -0.05) is 30.4 Å². The highest BCUT2D eigenvalue weighted by atomic mass is 16.2. The normalized spacial score (nSPS) is 24.8. The Balaban J connectivity index is 1.47. The molecule has 2 fully saturated rings. The van der Waals surface area contributed by atoms with E-state index in [9.17, 15) is 14.4 Å². The van der Waals surface area contributed by atoms with Crippen molar-refractivity contribution < 1.29 is 14.4 Å². The SMILES string of the molecule is C[C@H](C(=O)N(C)Cc1ccccc1N1CCCC1)N1C(=O)[C@H]2CC=CC[C@H]2C1=O. The van der Waals surface area contributed by atoms with Crippen molar-refractivity contribution in [3.8, 4) is 0 Å². The van der Waals surface area contributed by atoms with Gasteiger partial charge in [0.05, 0.1) is 11.8 Å². The molecule has 0 radical (unpaired) electrons. The molecule has 0 saturated carbocycles. The first kappa shape index (κ1) is 19.7. The molecule has 29 heavy (non-hydrogen) atoms. The fourth-order valence-electron chi connectivity index (χ4n) is 4.88. The third-order valence-corrected chi connectivity index (χ3v) is 6.51. The number of imide groups is 1. The van der Waals surface area contributed by atoms with Crippen LogP contribution >= 0.6 is 0 Å². The molecule has 0 bridgehead atoms. The number of hydrogen-bond acceptors (Lipinski definition) is 4. The number of carbonyl (C=O) groups excluding carboxylic acids is 3. The lowest BCUT2D eigenvalue weighted by Gasteiger charge is -2.29. The Morgan fingerprint density at radius 1 is 1.07 bits per heavy atom. The second kappa shape index (κ2) is 8.01. The van der Waals surface area contributed by atoms with Crippen molar-refractivity contribution in [1.82, 2.24) is 9.80 Å². The number of carbonyl (C=O) groups is 3. The summed E-state index contributed by atoms with van der Waals surface area (Å²) in [5.41, 5.74) is 2.26. The van der Waals surface area contributed by atoms with Crippen LogP contribution in [-0.2, 0) is 20.9 Å². The maximum absolute atomic E-state index is 13.1. The van der Waals surface area contributed by atoms with Crippen LogP contribution in [0.4, 0.5) is 5.69 Å². The summed E-state index contributed by atoms with van der Waals surface area (Å²) in [7, 11) is 1.75. The zero-order valence-electron chi connectivity index (χ0n) is 17.2. The van der Waals surface area contributed by atoms with Crippen LogP contribution in [0.5, 0.6) is 0 Å². The molecule has 1 aliphatic carbocycles. The summed E-state index contributed by atoms with van der Waals surface area (Å²) in [6.45, 7) is 4.21. The summed E-state index contributed by atoms with van der Waals surface area (Å²) < 4.78 is 0. The van der Waals surface area contributed by atoms with Crippen LogP contribution in [0.25, 0.3) is 0 Å². The molecular formula is C23H29N3O3. The Labute approximate surface area is 172 Å². The molecule has 6 nitrogen and oxygen atoms in total. The minimum Gasteiger partial charge on any atom is -0.371 e. The number of para-hydroxylation sites is 1. The number of benzene rings is 1. The van der Waals surface area contributed by atoms with Gasteiger partial charge in [0, 0.05) is 32.4 Å². The molecule has 1 aromatic carbocycles. The Kier molecular flexibility index (Phi) is 5.43. The predicted octanol–water partition coefficient (Wildman–Crippen LogP) is 2.58. The van der Waals surface area contributed by atoms with Gasteiger partial charge in [0.15, 0.2) is 0 Å². The van der Waals surface area contributed by atoms with Crippen molar-refractivity contribution in [3.63, 3.8) is 0 Å². The Hall–Kier alpha value is -2.63. The molecule has 2 heterocycles. The number of fused-ring (bicyclic) bond motifs is 1. The van der Waals surface area contributed by atoms with E-state index in [1.54, 1.807) is 18.9 Å². The summed E-state index contributed by atoms with van der Waals surface area (Å²) >= 11 is 0. The molecule has 4 rings (SSSR count). The van der Waals surface area contributed by atoms with Gasteiger partial charge in [0.2, 0.25) is 17.7 Å². The second-order valence-corrected chi connectivity index (χ2v) is 8.40. The smallest absolute Gasteiger partial charge is 0.245 e. The summed E-state index contributed by atoms with van der Waals surface area (Å²) in [5.74, 6) is -1.20. The van der Waals surface area contributed by atoms with Crippen molar-refractivity contribution in [2.24, 2.45) is 11.8 Å². The lowest BCUT2D eigenvalue weighted by Crippen LogP contribution is -2.48. The molecule has 0 aromatic heterocycles. The number of amides is 3. The van der Waals surface area contributed by atoms with Gasteiger partial charge in [-0.3, -0.25) is 19.3 Å². The van der Waals surface area contributed by atoms with E-state index in [1.807, 2.05) is 24.3 Å². The van der Waals surface area contributed by atoms with Gasteiger partial charge in [0.25, 0.3) is 0 Å². The van der Waals surface area contributed by atoms with Crippen molar-refractivity contribution in [2.75, 3.05) is 25.0 Å². The molecule has 3 aliphatic rings. The van der Waals surface area contributed by atoms with Crippen LogP contribution in [0.2, 0.25) is 0 Å². The monoisotopic (exact) mass is 395 g/mol. The minimum absolute atomic E-state index is 0.198. The van der Waals surface area contributed by atoms with Crippen LogP contribution in [0, 0.1) is 11.8 Å². The number of rotatable bonds is 5. The molecule has 0 N–H and O–H groups in total. The summed E-state index contributed by atoms with van der Waals surface area (Å²) in [4.78, 5) is 43.9. The van der Waals surface area contributed by atoms with E-state index in [4.69, 9.17) is 0 Å². The average molecular weight is 396 g/mol. The van der Waals surface area contributed by atoms with E-state index in [0.29, 0.717) is 19.4 Å². The highest BCUT2D eigenvalue weighted by Crippen LogP contribution is 2.36. The Morgan fingerprint density at radius 3 is 2.28 bits per heavy atom. The van der Waals surface area contributed by atoms with Crippen LogP contribution in [0.15, 0.2) is 36.4 Å². The topological polar surface area (TPSA) is 60.9 Å². The molecule has 154 valence electrons. The molecule has 2 aliphatic heterocycles. The molecule has 0 spiro atoms. The predicted molar refractivity (Wildman–Crippen MR) is 111 cm³/mol. The van der Waals surface area contributed by atoms with E-state index in [1.165, 1.54) is 23.4 Å². The van der Waals surface area contributed by atoms with Crippen molar-refractivity contribution in [3.05, 3.63) is 42.0 Å². The van der Waals surface area contributed by atoms with Crippen LogP contribution in [-0.4, -0.2) is 53.7 Å². The first-order valence-electron chi connectivity index (χ1n) is 10.6.